The molecule has 0 unspecified atom stereocenters. The van der Waals surface area contributed by atoms with Gasteiger partial charge in [-0.1, -0.05) is 6.92 Å². The summed E-state index contributed by atoms with van der Waals surface area (Å²) in [5.74, 6) is -0.405. The highest BCUT2D eigenvalue weighted by Gasteiger charge is 2.26. The van der Waals surface area contributed by atoms with E-state index < -0.39 is 16.2 Å². The molecule has 1 aliphatic rings. The Hall–Kier alpha value is -1.60. The van der Waals surface area contributed by atoms with Crippen molar-refractivity contribution in [2.24, 2.45) is 0 Å². The van der Waals surface area contributed by atoms with E-state index in [9.17, 15) is 13.2 Å². The molecule has 1 aromatic rings. The minimum atomic E-state index is -3.53. The van der Waals surface area contributed by atoms with Crippen molar-refractivity contribution in [3.63, 3.8) is 0 Å². The molecular weight excluding hydrogens is 280 g/mol. The standard InChI is InChI=1S/C13H18N2O4S/c1-2-9-19-13(16)10-3-5-11(6-4-10)14-20(17,18)15-12-7-8-12/h3-6,12,14-15H,2,7-9H2,1H3. The highest BCUT2D eigenvalue weighted by Crippen LogP contribution is 2.20. The summed E-state index contributed by atoms with van der Waals surface area (Å²) in [6.45, 7) is 2.29. The SMILES string of the molecule is CCCOC(=O)c1ccc(NS(=O)(=O)NC2CC2)cc1. The van der Waals surface area contributed by atoms with Crippen LogP contribution >= 0.6 is 0 Å². The molecule has 0 spiro atoms. The fraction of sp³-hybridized carbons (Fsp3) is 0.462. The molecule has 0 amide bonds. The molecular formula is C13H18N2O4S. The molecule has 1 aliphatic carbocycles. The lowest BCUT2D eigenvalue weighted by molar-refractivity contribution is 0.0505. The van der Waals surface area contributed by atoms with Crippen LogP contribution in [0.4, 0.5) is 5.69 Å². The summed E-state index contributed by atoms with van der Waals surface area (Å²) >= 11 is 0. The number of benzene rings is 1. The van der Waals surface area contributed by atoms with Gasteiger partial charge in [0.05, 0.1) is 12.2 Å². The van der Waals surface area contributed by atoms with Crippen molar-refractivity contribution in [2.75, 3.05) is 11.3 Å². The van der Waals surface area contributed by atoms with E-state index in [1.165, 1.54) is 24.3 Å². The van der Waals surface area contributed by atoms with E-state index in [1.807, 2.05) is 6.92 Å². The molecule has 1 aromatic carbocycles. The Morgan fingerprint density at radius 2 is 1.95 bits per heavy atom. The molecule has 1 fully saturated rings. The number of ether oxygens (including phenoxy) is 1. The summed E-state index contributed by atoms with van der Waals surface area (Å²) in [5.41, 5.74) is 0.807. The first-order valence-corrected chi connectivity index (χ1v) is 8.06. The lowest BCUT2D eigenvalue weighted by Gasteiger charge is -2.09. The molecule has 1 saturated carbocycles. The van der Waals surface area contributed by atoms with Crippen molar-refractivity contribution in [2.45, 2.75) is 32.2 Å². The Balaban J connectivity index is 1.95. The predicted molar refractivity (Wildman–Crippen MR) is 75.7 cm³/mol. The van der Waals surface area contributed by atoms with Gasteiger partial charge in [0.25, 0.3) is 10.2 Å². The summed E-state index contributed by atoms with van der Waals surface area (Å²) in [5, 5.41) is 0. The van der Waals surface area contributed by atoms with Crippen molar-refractivity contribution in [3.8, 4) is 0 Å². The Morgan fingerprint density at radius 3 is 2.50 bits per heavy atom. The molecule has 2 N–H and O–H groups in total. The first-order chi connectivity index (χ1) is 9.50. The second-order valence-corrected chi connectivity index (χ2v) is 6.16. The van der Waals surface area contributed by atoms with Crippen LogP contribution in [0, 0.1) is 0 Å². The van der Waals surface area contributed by atoms with Crippen LogP contribution in [-0.2, 0) is 14.9 Å². The molecule has 0 atom stereocenters. The maximum atomic E-state index is 11.7. The van der Waals surface area contributed by atoms with Crippen LogP contribution in [0.15, 0.2) is 24.3 Å². The van der Waals surface area contributed by atoms with Crippen LogP contribution in [0.25, 0.3) is 0 Å². The van der Waals surface area contributed by atoms with E-state index in [2.05, 4.69) is 9.44 Å². The average molecular weight is 298 g/mol. The molecule has 0 heterocycles. The zero-order valence-electron chi connectivity index (χ0n) is 11.3. The molecule has 7 heteroatoms. The summed E-state index contributed by atoms with van der Waals surface area (Å²) in [4.78, 5) is 11.6. The van der Waals surface area contributed by atoms with E-state index in [1.54, 1.807) is 0 Å². The van der Waals surface area contributed by atoms with Crippen LogP contribution in [0.3, 0.4) is 0 Å². The second-order valence-electron chi connectivity index (χ2n) is 4.71. The van der Waals surface area contributed by atoms with E-state index >= 15 is 0 Å². The van der Waals surface area contributed by atoms with Gasteiger partial charge < -0.3 is 4.74 Å². The van der Waals surface area contributed by atoms with E-state index in [4.69, 9.17) is 4.74 Å². The monoisotopic (exact) mass is 298 g/mol. The van der Waals surface area contributed by atoms with Crippen molar-refractivity contribution in [1.29, 1.82) is 0 Å². The highest BCUT2D eigenvalue weighted by molar-refractivity contribution is 7.90. The van der Waals surface area contributed by atoms with Gasteiger partial charge in [-0.15, -0.1) is 0 Å². The Kier molecular flexibility index (Phi) is 4.61. The number of rotatable bonds is 7. The van der Waals surface area contributed by atoms with Crippen molar-refractivity contribution >= 4 is 21.9 Å². The van der Waals surface area contributed by atoms with Gasteiger partial charge in [-0.3, -0.25) is 4.72 Å². The van der Waals surface area contributed by atoms with E-state index in [-0.39, 0.29) is 6.04 Å². The first-order valence-electron chi connectivity index (χ1n) is 6.57. The summed E-state index contributed by atoms with van der Waals surface area (Å²) in [7, 11) is -3.53. The zero-order valence-corrected chi connectivity index (χ0v) is 12.1. The Labute approximate surface area is 118 Å². The molecule has 0 radical (unpaired) electrons. The third kappa shape index (κ3) is 4.50. The maximum absolute atomic E-state index is 11.7. The number of anilines is 1. The number of hydrogen-bond acceptors (Lipinski definition) is 4. The Morgan fingerprint density at radius 1 is 1.30 bits per heavy atom. The second kappa shape index (κ2) is 6.23. The van der Waals surface area contributed by atoms with Gasteiger partial charge in [-0.05, 0) is 43.5 Å². The fourth-order valence-corrected chi connectivity index (χ4v) is 2.74. The minimum absolute atomic E-state index is 0.0517. The molecule has 0 bridgehead atoms. The molecule has 110 valence electrons. The van der Waals surface area contributed by atoms with Gasteiger partial charge in [0.1, 0.15) is 0 Å². The molecule has 0 aliphatic heterocycles. The van der Waals surface area contributed by atoms with Crippen LogP contribution in [0.5, 0.6) is 0 Å². The number of hydrogen-bond donors (Lipinski definition) is 2. The Bertz CT molecular complexity index is 565. The van der Waals surface area contributed by atoms with E-state index in [0.29, 0.717) is 17.9 Å². The smallest absolute Gasteiger partial charge is 0.338 e. The first kappa shape index (κ1) is 14.8. The largest absolute Gasteiger partial charge is 0.462 e. The fourth-order valence-electron chi connectivity index (χ4n) is 1.56. The highest BCUT2D eigenvalue weighted by atomic mass is 32.2. The van der Waals surface area contributed by atoms with Gasteiger partial charge >= 0.3 is 5.97 Å². The summed E-state index contributed by atoms with van der Waals surface area (Å²) in [6.07, 6.45) is 2.52. The molecule has 20 heavy (non-hydrogen) atoms. The third-order valence-corrected chi connectivity index (χ3v) is 3.86. The zero-order chi connectivity index (χ0) is 14.6. The number of carbonyl (C=O) groups is 1. The van der Waals surface area contributed by atoms with Gasteiger partial charge in [0, 0.05) is 11.7 Å². The topological polar surface area (TPSA) is 84.5 Å². The minimum Gasteiger partial charge on any atom is -0.462 e. The molecule has 6 nitrogen and oxygen atoms in total. The molecule has 0 saturated heterocycles. The van der Waals surface area contributed by atoms with Gasteiger partial charge in [0.2, 0.25) is 0 Å². The van der Waals surface area contributed by atoms with Gasteiger partial charge in [0.15, 0.2) is 0 Å². The van der Waals surface area contributed by atoms with Crippen molar-refractivity contribution < 1.29 is 17.9 Å². The number of carbonyl (C=O) groups excluding carboxylic acids is 1. The van der Waals surface area contributed by atoms with Crippen LogP contribution in [-0.4, -0.2) is 27.0 Å². The van der Waals surface area contributed by atoms with Crippen LogP contribution in [0.1, 0.15) is 36.5 Å². The predicted octanol–water partition coefficient (Wildman–Crippen LogP) is 1.66. The molecule has 2 rings (SSSR count). The lowest BCUT2D eigenvalue weighted by atomic mass is 10.2. The van der Waals surface area contributed by atoms with Gasteiger partial charge in [-0.2, -0.15) is 13.1 Å². The summed E-state index contributed by atoms with van der Waals surface area (Å²) < 4.78 is 33.3. The van der Waals surface area contributed by atoms with Crippen molar-refractivity contribution in [1.82, 2.24) is 4.72 Å². The number of nitrogens with one attached hydrogen (secondary N) is 2. The maximum Gasteiger partial charge on any atom is 0.338 e. The van der Waals surface area contributed by atoms with Crippen LogP contribution in [0.2, 0.25) is 0 Å². The third-order valence-electron chi connectivity index (χ3n) is 2.71. The quantitative estimate of drug-likeness (QED) is 0.750. The normalized spacial score (nSPS) is 14.8. The average Bonchev–Trinajstić information content (AvgIpc) is 3.19. The lowest BCUT2D eigenvalue weighted by Crippen LogP contribution is -2.31. The van der Waals surface area contributed by atoms with Crippen LogP contribution < -0.4 is 9.44 Å². The number of esters is 1. The van der Waals surface area contributed by atoms with Crippen molar-refractivity contribution in [3.05, 3.63) is 29.8 Å². The van der Waals surface area contributed by atoms with Gasteiger partial charge in [-0.25, -0.2) is 4.79 Å². The van der Waals surface area contributed by atoms with E-state index in [0.717, 1.165) is 19.3 Å². The molecule has 0 aromatic heterocycles. The summed E-state index contributed by atoms with van der Waals surface area (Å²) in [6, 6.07) is 6.19.